The number of aliphatic hydroxyl groups is 1. The van der Waals surface area contributed by atoms with Gasteiger partial charge in [-0.05, 0) is 127 Å². The lowest BCUT2D eigenvalue weighted by molar-refractivity contribution is -0.117. The molecular weight excluding hydrogens is 473 g/mol. The number of anilines is 1. The molecule has 3 saturated carbocycles. The normalized spacial score (nSPS) is 36.5. The van der Waals surface area contributed by atoms with Crippen LogP contribution in [0.4, 0.5) is 10.1 Å². The predicted octanol–water partition coefficient (Wildman–Crippen LogP) is 7.29. The zero-order valence-corrected chi connectivity index (χ0v) is 24.4. The molecule has 38 heavy (non-hydrogen) atoms. The molecule has 0 aromatic heterocycles. The quantitative estimate of drug-likeness (QED) is 0.427. The number of carbonyl (C=O) groups is 1. The van der Waals surface area contributed by atoms with Crippen molar-refractivity contribution in [1.29, 1.82) is 0 Å². The van der Waals surface area contributed by atoms with Gasteiger partial charge in [-0.3, -0.25) is 4.79 Å². The summed E-state index contributed by atoms with van der Waals surface area (Å²) in [5, 5.41) is 12.2. The van der Waals surface area contributed by atoms with Gasteiger partial charge >= 0.3 is 0 Å². The minimum atomic E-state index is -1.04. The number of hydrogen-bond acceptors (Lipinski definition) is 3. The maximum atomic E-state index is 15.6. The lowest BCUT2D eigenvalue weighted by atomic mass is 9.46. The van der Waals surface area contributed by atoms with E-state index in [1.807, 2.05) is 24.1 Å². The second-order valence-electron chi connectivity index (χ2n) is 14.3. The van der Waals surface area contributed by atoms with Crippen LogP contribution in [0.2, 0.25) is 0 Å². The SMILES string of the molecule is CC(C)N(C)c1ccc([C@H]2C[C@@]3(C)[C@@H](CC[C@@]3(O)C#CC(C)(C)C)[C@@H]3CCC4=CC(=O)CCC4[C@H]32)cc1F. The molecule has 1 unspecified atom stereocenters. The molecule has 0 aliphatic heterocycles. The van der Waals surface area contributed by atoms with Crippen molar-refractivity contribution in [3.63, 3.8) is 0 Å². The first-order chi connectivity index (χ1) is 17.7. The van der Waals surface area contributed by atoms with Gasteiger partial charge in [-0.1, -0.05) is 30.4 Å². The van der Waals surface area contributed by atoms with Crippen LogP contribution < -0.4 is 4.90 Å². The van der Waals surface area contributed by atoms with Crippen LogP contribution in [0.5, 0.6) is 0 Å². The molecular formula is C34H46FNO2. The van der Waals surface area contributed by atoms with Gasteiger partial charge in [0.2, 0.25) is 0 Å². The number of carbonyl (C=O) groups excluding carboxylic acids is 1. The maximum absolute atomic E-state index is 15.6. The Bertz CT molecular complexity index is 1200. The molecule has 0 radical (unpaired) electrons. The number of ketones is 1. The van der Waals surface area contributed by atoms with Crippen LogP contribution in [0.3, 0.4) is 0 Å². The van der Waals surface area contributed by atoms with Gasteiger partial charge in [-0.25, -0.2) is 4.39 Å². The third-order valence-electron chi connectivity index (χ3n) is 10.7. The van der Waals surface area contributed by atoms with E-state index < -0.39 is 5.60 Å². The molecule has 4 aliphatic carbocycles. The third kappa shape index (κ3) is 4.53. The molecule has 0 heterocycles. The molecule has 7 atom stereocenters. The second kappa shape index (κ2) is 9.51. The molecule has 1 N–H and O–H groups in total. The lowest BCUT2D eigenvalue weighted by Gasteiger charge is -2.58. The van der Waals surface area contributed by atoms with Gasteiger partial charge in [0.25, 0.3) is 0 Å². The molecule has 0 amide bonds. The van der Waals surface area contributed by atoms with E-state index in [0.29, 0.717) is 42.2 Å². The average Bonchev–Trinajstić information content (AvgIpc) is 3.11. The summed E-state index contributed by atoms with van der Waals surface area (Å²) < 4.78 is 15.6. The molecule has 5 rings (SSSR count). The zero-order valence-electron chi connectivity index (χ0n) is 24.4. The Morgan fingerprint density at radius 2 is 1.87 bits per heavy atom. The van der Waals surface area contributed by atoms with E-state index in [0.717, 1.165) is 37.7 Å². The number of fused-ring (bicyclic) bond motifs is 5. The van der Waals surface area contributed by atoms with Gasteiger partial charge < -0.3 is 10.0 Å². The van der Waals surface area contributed by atoms with E-state index in [2.05, 4.69) is 59.4 Å². The summed E-state index contributed by atoms with van der Waals surface area (Å²) in [6, 6.07) is 6.04. The minimum Gasteiger partial charge on any atom is -0.377 e. The first-order valence-corrected chi connectivity index (χ1v) is 14.8. The van der Waals surface area contributed by atoms with Gasteiger partial charge in [0, 0.05) is 30.3 Å². The number of hydrogen-bond donors (Lipinski definition) is 1. The molecule has 4 heteroatoms. The monoisotopic (exact) mass is 519 g/mol. The summed E-state index contributed by atoms with van der Waals surface area (Å²) in [5.41, 5.74) is 1.40. The fourth-order valence-corrected chi connectivity index (χ4v) is 8.47. The lowest BCUT2D eigenvalue weighted by Crippen LogP contribution is -2.54. The Kier molecular flexibility index (Phi) is 6.87. The molecule has 3 nitrogen and oxygen atoms in total. The maximum Gasteiger partial charge on any atom is 0.155 e. The van der Waals surface area contributed by atoms with Gasteiger partial charge in [0.1, 0.15) is 11.4 Å². The largest absolute Gasteiger partial charge is 0.377 e. The van der Waals surface area contributed by atoms with E-state index in [4.69, 9.17) is 0 Å². The highest BCUT2D eigenvalue weighted by Crippen LogP contribution is 2.68. The summed E-state index contributed by atoms with van der Waals surface area (Å²) in [5.74, 6) is 8.52. The van der Waals surface area contributed by atoms with Crippen LogP contribution in [-0.4, -0.2) is 29.6 Å². The van der Waals surface area contributed by atoms with Crippen LogP contribution in [0, 0.1) is 52.2 Å². The van der Waals surface area contributed by atoms with Gasteiger partial charge in [-0.15, -0.1) is 0 Å². The predicted molar refractivity (Wildman–Crippen MR) is 152 cm³/mol. The van der Waals surface area contributed by atoms with Crippen molar-refractivity contribution >= 4 is 11.5 Å². The van der Waals surface area contributed by atoms with Crippen molar-refractivity contribution in [3.8, 4) is 11.8 Å². The van der Waals surface area contributed by atoms with E-state index in [1.54, 1.807) is 6.07 Å². The summed E-state index contributed by atoms with van der Waals surface area (Å²) in [7, 11) is 1.94. The smallest absolute Gasteiger partial charge is 0.155 e. The molecule has 206 valence electrons. The van der Waals surface area contributed by atoms with Crippen molar-refractivity contribution in [3.05, 3.63) is 41.2 Å². The van der Waals surface area contributed by atoms with E-state index in [9.17, 15) is 9.90 Å². The summed E-state index contributed by atoms with van der Waals surface area (Å²) in [4.78, 5) is 14.3. The Labute approximate surface area is 229 Å². The summed E-state index contributed by atoms with van der Waals surface area (Å²) >= 11 is 0. The van der Waals surface area contributed by atoms with Crippen LogP contribution >= 0.6 is 0 Å². The number of nitrogens with zero attached hydrogens (tertiary/aromatic N) is 1. The van der Waals surface area contributed by atoms with Gasteiger partial charge in [-0.2, -0.15) is 0 Å². The Morgan fingerprint density at radius 1 is 1.13 bits per heavy atom. The third-order valence-corrected chi connectivity index (χ3v) is 10.7. The van der Waals surface area contributed by atoms with Crippen molar-refractivity contribution in [1.82, 2.24) is 0 Å². The molecule has 0 spiro atoms. The van der Waals surface area contributed by atoms with Crippen LogP contribution in [0.15, 0.2) is 29.8 Å². The van der Waals surface area contributed by atoms with Crippen LogP contribution in [-0.2, 0) is 4.79 Å². The van der Waals surface area contributed by atoms with E-state index in [1.165, 1.54) is 5.57 Å². The number of benzene rings is 1. The first-order valence-electron chi connectivity index (χ1n) is 14.8. The fourth-order valence-electron chi connectivity index (χ4n) is 8.47. The average molecular weight is 520 g/mol. The van der Waals surface area contributed by atoms with Crippen molar-refractivity contribution in [2.45, 2.75) is 104 Å². The summed E-state index contributed by atoms with van der Waals surface area (Å²) in [6.45, 7) is 12.7. The minimum absolute atomic E-state index is 0.122. The number of rotatable bonds is 3. The van der Waals surface area contributed by atoms with Crippen molar-refractivity contribution in [2.24, 2.45) is 34.5 Å². The Balaban J connectivity index is 1.60. The molecule has 0 saturated heterocycles. The van der Waals surface area contributed by atoms with Crippen molar-refractivity contribution < 1.29 is 14.3 Å². The molecule has 1 aromatic carbocycles. The zero-order chi connectivity index (χ0) is 27.6. The Hall–Kier alpha value is -2.12. The van der Waals surface area contributed by atoms with Crippen LogP contribution in [0.1, 0.15) is 98.0 Å². The van der Waals surface area contributed by atoms with Crippen molar-refractivity contribution in [2.75, 3.05) is 11.9 Å². The number of halogens is 1. The fraction of sp³-hybridized carbons (Fsp3) is 0.676. The first kappa shape index (κ1) is 27.4. The highest BCUT2D eigenvalue weighted by atomic mass is 19.1. The standard InChI is InChI=1S/C34H46FNO2/c1-21(2)36(7)30-13-9-23(19-29(30)35)27-20-33(6)28(14-15-34(33,38)17-16-32(3,4)5)26-11-8-22-18-24(37)10-12-25(22)31(26)27/h9,13,18-19,21,25-28,31,38H,8,10-12,14-15,20H2,1-7H3/t25?,26-,27+,28-,31+,33-,34+/m0/s1. The second-order valence-corrected chi connectivity index (χ2v) is 14.3. The molecule has 3 fully saturated rings. The molecule has 4 aliphatic rings. The molecule has 0 bridgehead atoms. The topological polar surface area (TPSA) is 40.5 Å². The van der Waals surface area contributed by atoms with Crippen LogP contribution in [0.25, 0.3) is 0 Å². The Morgan fingerprint density at radius 3 is 2.53 bits per heavy atom. The van der Waals surface area contributed by atoms with E-state index in [-0.39, 0.29) is 34.4 Å². The molecule has 1 aromatic rings. The highest BCUT2D eigenvalue weighted by Gasteiger charge is 2.64. The highest BCUT2D eigenvalue weighted by molar-refractivity contribution is 5.91. The summed E-state index contributed by atoms with van der Waals surface area (Å²) in [6.07, 6.45) is 7.92. The van der Waals surface area contributed by atoms with Gasteiger partial charge in [0.05, 0.1) is 5.69 Å². The van der Waals surface area contributed by atoms with Gasteiger partial charge in [0.15, 0.2) is 5.78 Å². The van der Waals surface area contributed by atoms with E-state index >= 15 is 4.39 Å². The number of allylic oxidation sites excluding steroid dienone is 1.